The van der Waals surface area contributed by atoms with E-state index in [9.17, 15) is 15.2 Å². The quantitative estimate of drug-likeness (QED) is 0.394. The molecule has 0 radical (unpaired) electrons. The predicted molar refractivity (Wildman–Crippen MR) is 62.7 cm³/mol. The highest BCUT2D eigenvalue weighted by molar-refractivity contribution is 5.20. The minimum Gasteiger partial charge on any atom is -0.390 e. The van der Waals surface area contributed by atoms with Gasteiger partial charge in [0.15, 0.2) is 0 Å². The van der Waals surface area contributed by atoms with Crippen LogP contribution in [0.25, 0.3) is 0 Å². The smallest absolute Gasteiger partial charge is 0.306 e. The normalized spacial score (nSPS) is 12.6. The summed E-state index contributed by atoms with van der Waals surface area (Å²) in [5.41, 5.74) is -0.0591. The lowest BCUT2D eigenvalue weighted by Gasteiger charge is -2.11. The lowest BCUT2D eigenvalue weighted by Crippen LogP contribution is -2.31. The Kier molecular flexibility index (Phi) is 5.58. The number of aromatic nitrogens is 2. The number of hydrogen-bond donors (Lipinski definition) is 2. The Morgan fingerprint density at radius 1 is 1.71 bits per heavy atom. The van der Waals surface area contributed by atoms with Gasteiger partial charge in [0.1, 0.15) is 12.4 Å². The van der Waals surface area contributed by atoms with Crippen LogP contribution in [0.3, 0.4) is 0 Å². The first-order valence-corrected chi connectivity index (χ1v) is 5.69. The van der Waals surface area contributed by atoms with E-state index in [1.807, 2.05) is 0 Å². The highest BCUT2D eigenvalue weighted by Gasteiger charge is 2.11. The zero-order chi connectivity index (χ0) is 12.7. The molecule has 0 fully saturated rings. The van der Waals surface area contributed by atoms with Gasteiger partial charge in [-0.05, 0) is 13.0 Å². The molecule has 0 amide bonds. The van der Waals surface area contributed by atoms with E-state index >= 15 is 0 Å². The van der Waals surface area contributed by atoms with Gasteiger partial charge >= 0.3 is 5.69 Å². The average molecular weight is 242 g/mol. The average Bonchev–Trinajstić information content (AvgIpc) is 2.73. The van der Waals surface area contributed by atoms with Gasteiger partial charge in [-0.3, -0.25) is 14.8 Å². The third kappa shape index (κ3) is 4.92. The van der Waals surface area contributed by atoms with Gasteiger partial charge in [-0.25, -0.2) is 0 Å². The molecule has 0 saturated carbocycles. The van der Waals surface area contributed by atoms with Crippen LogP contribution in [0.2, 0.25) is 0 Å². The van der Waals surface area contributed by atoms with Gasteiger partial charge in [-0.15, -0.1) is 0 Å². The van der Waals surface area contributed by atoms with Crippen LogP contribution < -0.4 is 5.32 Å². The number of nitrogens with zero attached hydrogens (tertiary/aromatic N) is 3. The highest BCUT2D eigenvalue weighted by Crippen LogP contribution is 2.07. The third-order valence-electron chi connectivity index (χ3n) is 2.32. The van der Waals surface area contributed by atoms with E-state index in [-0.39, 0.29) is 12.2 Å². The Morgan fingerprint density at radius 2 is 2.47 bits per heavy atom. The van der Waals surface area contributed by atoms with Crippen LogP contribution in [0.4, 0.5) is 5.69 Å². The first-order chi connectivity index (χ1) is 8.13. The second kappa shape index (κ2) is 6.97. The van der Waals surface area contributed by atoms with Crippen LogP contribution in [-0.2, 0) is 6.54 Å². The molecule has 0 aliphatic rings. The van der Waals surface area contributed by atoms with E-state index < -0.39 is 11.0 Å². The van der Waals surface area contributed by atoms with Crippen molar-refractivity contribution in [1.82, 2.24) is 15.1 Å². The lowest BCUT2D eigenvalue weighted by atomic mass is 10.3. The molecule has 0 aliphatic carbocycles. The third-order valence-corrected chi connectivity index (χ3v) is 2.32. The molecule has 96 valence electrons. The monoisotopic (exact) mass is 242 g/mol. The number of unbranched alkanes of at least 4 members (excludes halogenated alkanes) is 1. The molecule has 1 aromatic rings. The van der Waals surface area contributed by atoms with Gasteiger partial charge in [0.05, 0.1) is 17.6 Å². The van der Waals surface area contributed by atoms with Crippen LogP contribution >= 0.6 is 0 Å². The maximum atomic E-state index is 10.4. The Morgan fingerprint density at radius 3 is 3.06 bits per heavy atom. The second-order valence-corrected chi connectivity index (χ2v) is 3.89. The van der Waals surface area contributed by atoms with Crippen molar-refractivity contribution in [2.45, 2.75) is 32.4 Å². The van der Waals surface area contributed by atoms with Crippen molar-refractivity contribution in [3.05, 3.63) is 22.5 Å². The maximum Gasteiger partial charge on any atom is 0.306 e. The van der Waals surface area contributed by atoms with Crippen molar-refractivity contribution < 1.29 is 10.0 Å². The molecular weight excluding hydrogens is 224 g/mol. The van der Waals surface area contributed by atoms with E-state index in [1.165, 1.54) is 17.1 Å². The molecule has 1 heterocycles. The Labute approximate surface area is 99.6 Å². The van der Waals surface area contributed by atoms with Gasteiger partial charge in [-0.1, -0.05) is 13.3 Å². The molecule has 0 bridgehead atoms. The SMILES string of the molecule is CCCCNCC(O)Cn1cc([N+](=O)[O-])cn1. The second-order valence-electron chi connectivity index (χ2n) is 3.89. The van der Waals surface area contributed by atoms with Gasteiger partial charge in [0.2, 0.25) is 0 Å². The summed E-state index contributed by atoms with van der Waals surface area (Å²) >= 11 is 0. The van der Waals surface area contributed by atoms with Gasteiger partial charge in [-0.2, -0.15) is 5.10 Å². The molecule has 17 heavy (non-hydrogen) atoms. The lowest BCUT2D eigenvalue weighted by molar-refractivity contribution is -0.385. The number of nitrogens with one attached hydrogen (secondary N) is 1. The Balaban J connectivity index is 2.29. The number of nitro groups is 1. The topological polar surface area (TPSA) is 93.2 Å². The number of rotatable bonds is 8. The van der Waals surface area contributed by atoms with Crippen LogP contribution in [0, 0.1) is 10.1 Å². The fourth-order valence-electron chi connectivity index (χ4n) is 1.40. The van der Waals surface area contributed by atoms with E-state index in [1.54, 1.807) is 0 Å². The predicted octanol–water partition coefficient (Wildman–Crippen LogP) is 0.542. The van der Waals surface area contributed by atoms with Crippen LogP contribution in [0.15, 0.2) is 12.4 Å². The minimum absolute atomic E-state index is 0.0591. The molecule has 2 N–H and O–H groups in total. The van der Waals surface area contributed by atoms with Gasteiger partial charge < -0.3 is 10.4 Å². The van der Waals surface area contributed by atoms with Crippen molar-refractivity contribution >= 4 is 5.69 Å². The zero-order valence-corrected chi connectivity index (χ0v) is 9.87. The van der Waals surface area contributed by atoms with Crippen molar-refractivity contribution in [2.75, 3.05) is 13.1 Å². The molecule has 1 unspecified atom stereocenters. The summed E-state index contributed by atoms with van der Waals surface area (Å²) in [6.45, 7) is 3.69. The summed E-state index contributed by atoms with van der Waals surface area (Å²) in [5, 5.41) is 27.0. The first kappa shape index (κ1) is 13.6. The molecule has 0 spiro atoms. The van der Waals surface area contributed by atoms with E-state index in [4.69, 9.17) is 0 Å². The standard InChI is InChI=1S/C10H18N4O3/c1-2-3-4-11-6-10(15)8-13-7-9(5-12-13)14(16)17/h5,7,10-11,15H,2-4,6,8H2,1H3. The summed E-state index contributed by atoms with van der Waals surface area (Å²) in [6.07, 6.45) is 4.08. The van der Waals surface area contributed by atoms with E-state index in [0.29, 0.717) is 6.54 Å². The van der Waals surface area contributed by atoms with Crippen molar-refractivity contribution in [3.8, 4) is 0 Å². The van der Waals surface area contributed by atoms with Crippen molar-refractivity contribution in [3.63, 3.8) is 0 Å². The molecule has 7 nitrogen and oxygen atoms in total. The molecular formula is C10H18N4O3. The zero-order valence-electron chi connectivity index (χ0n) is 9.87. The molecule has 0 aliphatic heterocycles. The van der Waals surface area contributed by atoms with Gasteiger partial charge in [0, 0.05) is 6.54 Å². The molecule has 7 heteroatoms. The van der Waals surface area contributed by atoms with Gasteiger partial charge in [0.25, 0.3) is 0 Å². The Bertz CT molecular complexity index is 353. The van der Waals surface area contributed by atoms with E-state index in [0.717, 1.165) is 19.4 Å². The highest BCUT2D eigenvalue weighted by atomic mass is 16.6. The summed E-state index contributed by atoms with van der Waals surface area (Å²) in [6, 6.07) is 0. The maximum absolute atomic E-state index is 10.4. The first-order valence-electron chi connectivity index (χ1n) is 5.69. The van der Waals surface area contributed by atoms with Crippen LogP contribution in [0.1, 0.15) is 19.8 Å². The summed E-state index contributed by atoms with van der Waals surface area (Å²) in [7, 11) is 0. The fourth-order valence-corrected chi connectivity index (χ4v) is 1.40. The summed E-state index contributed by atoms with van der Waals surface area (Å²) in [5.74, 6) is 0. The summed E-state index contributed by atoms with van der Waals surface area (Å²) in [4.78, 5) is 9.92. The molecule has 1 aromatic heterocycles. The van der Waals surface area contributed by atoms with Crippen LogP contribution in [0.5, 0.6) is 0 Å². The number of aliphatic hydroxyl groups excluding tert-OH is 1. The molecule has 1 atom stereocenters. The van der Waals surface area contributed by atoms with Crippen LogP contribution in [-0.4, -0.2) is 39.0 Å². The van der Waals surface area contributed by atoms with Crippen molar-refractivity contribution in [1.29, 1.82) is 0 Å². The Hall–Kier alpha value is -1.47. The molecule has 1 rings (SSSR count). The molecule has 0 saturated heterocycles. The molecule has 0 aromatic carbocycles. The van der Waals surface area contributed by atoms with Crippen molar-refractivity contribution in [2.24, 2.45) is 0 Å². The minimum atomic E-state index is -0.591. The number of aliphatic hydroxyl groups is 1. The number of hydrogen-bond acceptors (Lipinski definition) is 5. The largest absolute Gasteiger partial charge is 0.390 e. The summed E-state index contributed by atoms with van der Waals surface area (Å²) < 4.78 is 1.38. The van der Waals surface area contributed by atoms with E-state index in [2.05, 4.69) is 17.3 Å². The fraction of sp³-hybridized carbons (Fsp3) is 0.700.